The van der Waals surface area contributed by atoms with Crippen LogP contribution in [0.25, 0.3) is 0 Å². The lowest BCUT2D eigenvalue weighted by atomic mass is 10.1. The highest BCUT2D eigenvalue weighted by atomic mass is 16.5. The average molecular weight is 266 g/mol. The molecule has 0 radical (unpaired) electrons. The second kappa shape index (κ2) is 7.44. The summed E-state index contributed by atoms with van der Waals surface area (Å²) in [7, 11) is 0. The molecule has 1 aliphatic rings. The summed E-state index contributed by atoms with van der Waals surface area (Å²) in [4.78, 5) is 0. The zero-order valence-corrected chi connectivity index (χ0v) is 11.5. The van der Waals surface area contributed by atoms with Gasteiger partial charge >= 0.3 is 0 Å². The van der Waals surface area contributed by atoms with Gasteiger partial charge in [0, 0.05) is 13.5 Å². The quantitative estimate of drug-likeness (QED) is 0.924. The molecular weight excluding hydrogens is 248 g/mol. The maximum Gasteiger partial charge on any atom is 0.135 e. The van der Waals surface area contributed by atoms with E-state index in [1.54, 1.807) is 6.07 Å². The maximum absolute atomic E-state index is 7.32. The Morgan fingerprint density at radius 1 is 1.15 bits per heavy atom. The van der Waals surface area contributed by atoms with E-state index in [4.69, 9.17) is 10.00 Å². The number of hydrogen-bond acceptors (Lipinski definition) is 3. The van der Waals surface area contributed by atoms with E-state index in [1.165, 1.54) is 23.6 Å². The van der Waals surface area contributed by atoms with Gasteiger partial charge in [0.25, 0.3) is 0 Å². The van der Waals surface area contributed by atoms with Crippen LogP contribution < -0.4 is 5.32 Å². The summed E-state index contributed by atoms with van der Waals surface area (Å²) in [6, 6.07) is 20.4. The van der Waals surface area contributed by atoms with Gasteiger partial charge in [-0.25, -0.2) is 0 Å². The van der Waals surface area contributed by atoms with E-state index in [0.29, 0.717) is 6.61 Å². The first kappa shape index (κ1) is 14.3. The second-order valence-electron chi connectivity index (χ2n) is 4.48. The molecule has 0 bridgehead atoms. The molecule has 0 aromatic heterocycles. The molecule has 1 aliphatic heterocycles. The van der Waals surface area contributed by atoms with Gasteiger partial charge in [0.15, 0.2) is 0 Å². The van der Waals surface area contributed by atoms with Crippen molar-refractivity contribution in [1.29, 1.82) is 5.26 Å². The largest absolute Gasteiger partial charge is 0.354 e. The van der Waals surface area contributed by atoms with Crippen LogP contribution in [0.5, 0.6) is 0 Å². The van der Waals surface area contributed by atoms with Crippen molar-refractivity contribution in [2.75, 3.05) is 0 Å². The van der Waals surface area contributed by atoms with Gasteiger partial charge < -0.3 is 4.74 Å². The molecule has 1 heterocycles. The van der Waals surface area contributed by atoms with Crippen molar-refractivity contribution in [2.24, 2.45) is 0 Å². The van der Waals surface area contributed by atoms with Crippen molar-refractivity contribution >= 4 is 0 Å². The Balaban J connectivity index is 0.000000452. The Labute approximate surface area is 119 Å². The molecule has 1 N–H and O–H groups in total. The van der Waals surface area contributed by atoms with Crippen LogP contribution in [-0.4, -0.2) is 0 Å². The fraction of sp³-hybridized carbons (Fsp3) is 0.235. The van der Waals surface area contributed by atoms with Gasteiger partial charge in [-0.15, -0.1) is 0 Å². The molecule has 3 heteroatoms. The fourth-order valence-corrected chi connectivity index (χ4v) is 2.17. The number of nitriles is 1. The van der Waals surface area contributed by atoms with Crippen molar-refractivity contribution in [3.05, 3.63) is 71.3 Å². The van der Waals surface area contributed by atoms with E-state index in [9.17, 15) is 0 Å². The van der Waals surface area contributed by atoms with Gasteiger partial charge in [0.2, 0.25) is 0 Å². The third kappa shape index (κ3) is 3.67. The van der Waals surface area contributed by atoms with Crippen LogP contribution in [-0.2, 0) is 17.9 Å². The molecule has 0 aliphatic carbocycles. The molecule has 3 nitrogen and oxygen atoms in total. The highest BCUT2D eigenvalue weighted by molar-refractivity contribution is 5.32. The molecule has 0 fully saturated rings. The summed E-state index contributed by atoms with van der Waals surface area (Å²) in [5.74, 6) is 0. The summed E-state index contributed by atoms with van der Waals surface area (Å²) in [6.45, 7) is 2.97. The molecular formula is C17H18N2O. The van der Waals surface area contributed by atoms with Gasteiger partial charge in [-0.2, -0.15) is 5.26 Å². The van der Waals surface area contributed by atoms with Crippen LogP contribution in [0.1, 0.15) is 29.8 Å². The van der Waals surface area contributed by atoms with Gasteiger partial charge in [0.1, 0.15) is 6.23 Å². The normalized spacial score (nSPS) is 15.7. The molecule has 2 aromatic rings. The second-order valence-corrected chi connectivity index (χ2v) is 4.48. The predicted octanol–water partition coefficient (Wildman–Crippen LogP) is 3.54. The number of nitrogens with one attached hydrogen (secondary N) is 1. The zero-order chi connectivity index (χ0) is 14.2. The zero-order valence-electron chi connectivity index (χ0n) is 11.5. The third-order valence-electron chi connectivity index (χ3n) is 3.07. The minimum atomic E-state index is 0.0337. The number of ether oxygens (including phenoxy) is 1. The number of nitrogens with zero attached hydrogens (tertiary/aromatic N) is 1. The van der Waals surface area contributed by atoms with Crippen molar-refractivity contribution in [1.82, 2.24) is 5.32 Å². The van der Waals surface area contributed by atoms with Crippen LogP contribution in [0.4, 0.5) is 0 Å². The molecule has 102 valence electrons. The minimum absolute atomic E-state index is 0.0337. The molecule has 20 heavy (non-hydrogen) atoms. The summed E-state index contributed by atoms with van der Waals surface area (Å²) >= 11 is 0. The molecule has 1 atom stereocenters. The van der Waals surface area contributed by atoms with Crippen LogP contribution in [0.15, 0.2) is 54.6 Å². The third-order valence-corrected chi connectivity index (χ3v) is 3.07. The van der Waals surface area contributed by atoms with Crippen molar-refractivity contribution in [3.63, 3.8) is 0 Å². The van der Waals surface area contributed by atoms with Gasteiger partial charge in [0.05, 0.1) is 12.7 Å². The molecule has 1 unspecified atom stereocenters. The molecule has 0 amide bonds. The van der Waals surface area contributed by atoms with Crippen molar-refractivity contribution in [2.45, 2.75) is 26.3 Å². The first-order valence-electron chi connectivity index (χ1n) is 6.62. The number of benzene rings is 2. The van der Waals surface area contributed by atoms with Crippen molar-refractivity contribution < 1.29 is 4.74 Å². The molecule has 0 saturated carbocycles. The summed E-state index contributed by atoms with van der Waals surface area (Å²) in [5, 5.41) is 10.7. The smallest absolute Gasteiger partial charge is 0.135 e. The van der Waals surface area contributed by atoms with E-state index in [0.717, 1.165) is 6.54 Å². The first-order chi connectivity index (χ1) is 9.85. The Kier molecular flexibility index (Phi) is 5.31. The number of fused-ring (bicyclic) bond motifs is 1. The van der Waals surface area contributed by atoms with Gasteiger partial charge in [-0.1, -0.05) is 54.6 Å². The standard InChI is InChI=1S/C15H15NO.C2H3N/c1-2-6-12(7-3-1)11-17-15-14-9-5-4-8-13(14)10-16-15;1-2-3/h1-9,15-16H,10-11H2;1H3. The highest BCUT2D eigenvalue weighted by Gasteiger charge is 2.21. The van der Waals surface area contributed by atoms with Gasteiger partial charge in [-0.3, -0.25) is 5.32 Å². The van der Waals surface area contributed by atoms with E-state index in [-0.39, 0.29) is 6.23 Å². The van der Waals surface area contributed by atoms with E-state index < -0.39 is 0 Å². The lowest BCUT2D eigenvalue weighted by Gasteiger charge is -2.13. The highest BCUT2D eigenvalue weighted by Crippen LogP contribution is 2.26. The number of hydrogen-bond donors (Lipinski definition) is 1. The molecule has 2 aromatic carbocycles. The Morgan fingerprint density at radius 2 is 1.80 bits per heavy atom. The Bertz CT molecular complexity index is 575. The lowest BCUT2D eigenvalue weighted by molar-refractivity contribution is 0.0232. The first-order valence-corrected chi connectivity index (χ1v) is 6.62. The Hall–Kier alpha value is -2.15. The van der Waals surface area contributed by atoms with Crippen molar-refractivity contribution in [3.8, 4) is 6.07 Å². The molecule has 3 rings (SSSR count). The molecule has 0 spiro atoms. The van der Waals surface area contributed by atoms with Crippen LogP contribution >= 0.6 is 0 Å². The fourth-order valence-electron chi connectivity index (χ4n) is 2.17. The summed E-state index contributed by atoms with van der Waals surface area (Å²) in [5.41, 5.74) is 3.81. The SMILES string of the molecule is CC#N.c1ccc(COC2NCc3ccccc32)cc1. The maximum atomic E-state index is 7.32. The predicted molar refractivity (Wildman–Crippen MR) is 78.5 cm³/mol. The van der Waals surface area contributed by atoms with E-state index >= 15 is 0 Å². The van der Waals surface area contributed by atoms with Gasteiger partial charge in [-0.05, 0) is 16.7 Å². The minimum Gasteiger partial charge on any atom is -0.354 e. The average Bonchev–Trinajstić information content (AvgIpc) is 2.90. The topological polar surface area (TPSA) is 45.0 Å². The summed E-state index contributed by atoms with van der Waals surface area (Å²) in [6.07, 6.45) is 0.0337. The lowest BCUT2D eigenvalue weighted by Crippen LogP contribution is -2.15. The van der Waals surface area contributed by atoms with Crippen LogP contribution in [0.2, 0.25) is 0 Å². The van der Waals surface area contributed by atoms with Crippen LogP contribution in [0.3, 0.4) is 0 Å². The number of rotatable bonds is 3. The van der Waals surface area contributed by atoms with Crippen LogP contribution in [0, 0.1) is 11.3 Å². The monoisotopic (exact) mass is 266 g/mol. The van der Waals surface area contributed by atoms with E-state index in [2.05, 4.69) is 41.7 Å². The van der Waals surface area contributed by atoms with E-state index in [1.807, 2.05) is 18.2 Å². The summed E-state index contributed by atoms with van der Waals surface area (Å²) < 4.78 is 5.90. The Morgan fingerprint density at radius 3 is 2.55 bits per heavy atom. The molecule has 0 saturated heterocycles.